The zero-order valence-corrected chi connectivity index (χ0v) is 21.2. The van der Waals surface area contributed by atoms with Crippen LogP contribution in [-0.4, -0.2) is 89.3 Å². The molecule has 0 aliphatic heterocycles. The first kappa shape index (κ1) is 30.9. The lowest BCUT2D eigenvalue weighted by molar-refractivity contribution is -0.141. The van der Waals surface area contributed by atoms with E-state index in [1.807, 2.05) is 12.5 Å². The Bertz CT molecular complexity index is 600. The molecule has 0 fully saturated rings. The van der Waals surface area contributed by atoms with E-state index in [4.69, 9.17) is 16.6 Å². The number of unbranched alkanes of at least 4 members (excludes halogenated alkanes) is 1. The van der Waals surface area contributed by atoms with Gasteiger partial charge in [-0.05, 0) is 62.7 Å². The summed E-state index contributed by atoms with van der Waals surface area (Å²) in [6, 6.07) is -3.74. The van der Waals surface area contributed by atoms with E-state index in [0.29, 0.717) is 50.2 Å². The Kier molecular flexibility index (Phi) is 17.6. The van der Waals surface area contributed by atoms with Crippen molar-refractivity contribution in [3.05, 3.63) is 0 Å². The Morgan fingerprint density at radius 2 is 1.34 bits per heavy atom. The third-order valence-corrected chi connectivity index (χ3v) is 6.24. The normalized spacial score (nSPS) is 14.7. The van der Waals surface area contributed by atoms with E-state index >= 15 is 0 Å². The van der Waals surface area contributed by atoms with Crippen LogP contribution in [0.15, 0.2) is 0 Å². The number of thiol groups is 1. The molecule has 0 aromatic carbocycles. The molecule has 4 unspecified atom stereocenters. The van der Waals surface area contributed by atoms with Crippen LogP contribution in [0.25, 0.3) is 0 Å². The van der Waals surface area contributed by atoms with E-state index in [0.717, 1.165) is 0 Å². The average Bonchev–Trinajstić information content (AvgIpc) is 2.77. The molecule has 0 saturated carbocycles. The molecule has 32 heavy (non-hydrogen) atoms. The van der Waals surface area contributed by atoms with Crippen molar-refractivity contribution in [1.29, 1.82) is 0 Å². The van der Waals surface area contributed by atoms with Crippen LogP contribution in [0.1, 0.15) is 32.1 Å². The van der Waals surface area contributed by atoms with Gasteiger partial charge in [-0.1, -0.05) is 0 Å². The SMILES string of the molecule is CSCCC(N)C(=O)NC(CCCCN)C(=O)NC(CCSC)C(=O)NC(CS)C(=O)O. The number of hydrogen-bond acceptors (Lipinski definition) is 9. The van der Waals surface area contributed by atoms with Gasteiger partial charge in [-0.25, -0.2) is 4.79 Å². The number of amides is 3. The minimum atomic E-state index is -1.21. The summed E-state index contributed by atoms with van der Waals surface area (Å²) in [5.41, 5.74) is 11.4. The van der Waals surface area contributed by atoms with E-state index in [9.17, 15) is 19.2 Å². The molecule has 13 heteroatoms. The number of hydrogen-bond donors (Lipinski definition) is 7. The lowest BCUT2D eigenvalue weighted by Gasteiger charge is -2.25. The first-order valence-corrected chi connectivity index (χ1v) is 13.8. The highest BCUT2D eigenvalue weighted by Crippen LogP contribution is 2.07. The number of carbonyl (C=O) groups is 4. The lowest BCUT2D eigenvalue weighted by Crippen LogP contribution is -2.57. The van der Waals surface area contributed by atoms with Crippen LogP contribution >= 0.6 is 36.2 Å². The van der Waals surface area contributed by atoms with Crippen LogP contribution in [0.2, 0.25) is 0 Å². The van der Waals surface area contributed by atoms with Crippen molar-refractivity contribution in [1.82, 2.24) is 16.0 Å². The van der Waals surface area contributed by atoms with Crippen LogP contribution in [0, 0.1) is 0 Å². The number of nitrogens with one attached hydrogen (secondary N) is 3. The maximum absolute atomic E-state index is 13.0. The molecule has 0 bridgehead atoms. The molecule has 0 aliphatic rings. The quantitative estimate of drug-likeness (QED) is 0.0937. The van der Waals surface area contributed by atoms with E-state index in [-0.39, 0.29) is 5.75 Å². The van der Waals surface area contributed by atoms with Gasteiger partial charge in [0.15, 0.2) is 0 Å². The maximum Gasteiger partial charge on any atom is 0.327 e. The molecule has 3 amide bonds. The number of thioether (sulfide) groups is 2. The van der Waals surface area contributed by atoms with Crippen molar-refractivity contribution in [2.45, 2.75) is 56.3 Å². The van der Waals surface area contributed by atoms with Crippen LogP contribution in [0.3, 0.4) is 0 Å². The van der Waals surface area contributed by atoms with Crippen LogP contribution in [0.4, 0.5) is 0 Å². The molecule has 0 aromatic rings. The Morgan fingerprint density at radius 3 is 1.84 bits per heavy atom. The summed E-state index contributed by atoms with van der Waals surface area (Å²) in [5.74, 6) is -1.58. The maximum atomic E-state index is 13.0. The fraction of sp³-hybridized carbons (Fsp3) is 0.789. The fourth-order valence-corrected chi connectivity index (χ4v) is 3.86. The summed E-state index contributed by atoms with van der Waals surface area (Å²) in [6.07, 6.45) is 6.17. The minimum Gasteiger partial charge on any atom is -0.480 e. The molecular weight excluding hydrogens is 474 g/mol. The van der Waals surface area contributed by atoms with Crippen molar-refractivity contribution in [2.24, 2.45) is 11.5 Å². The van der Waals surface area contributed by atoms with Gasteiger partial charge in [0.2, 0.25) is 17.7 Å². The average molecular weight is 512 g/mol. The number of carboxylic acids is 1. The number of rotatable bonds is 18. The van der Waals surface area contributed by atoms with Crippen LogP contribution in [-0.2, 0) is 19.2 Å². The van der Waals surface area contributed by atoms with Crippen LogP contribution in [0.5, 0.6) is 0 Å². The standard InChI is InChI=1S/C19H37N5O5S3/c1-31-9-6-12(21)16(25)22-13(5-3-4-8-20)17(26)23-14(7-10-32-2)18(27)24-15(11-30)19(28)29/h12-15,30H,3-11,20-21H2,1-2H3,(H,22,25)(H,23,26)(H,24,27)(H,28,29). The predicted octanol–water partition coefficient (Wildman–Crippen LogP) is -0.582. The number of carbonyl (C=O) groups excluding carboxylic acids is 3. The van der Waals surface area contributed by atoms with Crippen molar-refractivity contribution >= 4 is 59.8 Å². The largest absolute Gasteiger partial charge is 0.480 e. The monoisotopic (exact) mass is 511 g/mol. The molecule has 0 aliphatic carbocycles. The Balaban J connectivity index is 5.31. The number of carboxylic acid groups (broad SMARTS) is 1. The highest BCUT2D eigenvalue weighted by Gasteiger charge is 2.29. The fourth-order valence-electron chi connectivity index (χ4n) is 2.65. The zero-order chi connectivity index (χ0) is 24.5. The third-order valence-electron chi connectivity index (χ3n) is 4.59. The summed E-state index contributed by atoms with van der Waals surface area (Å²) >= 11 is 7.00. The van der Waals surface area contributed by atoms with Crippen molar-refractivity contribution in [3.63, 3.8) is 0 Å². The smallest absolute Gasteiger partial charge is 0.327 e. The minimum absolute atomic E-state index is 0.0873. The number of nitrogens with two attached hydrogens (primary N) is 2. The summed E-state index contributed by atoms with van der Waals surface area (Å²) in [4.78, 5) is 49.2. The van der Waals surface area contributed by atoms with Crippen LogP contribution < -0.4 is 27.4 Å². The number of aliphatic carboxylic acids is 1. The topological polar surface area (TPSA) is 177 Å². The van der Waals surface area contributed by atoms with Gasteiger partial charge < -0.3 is 32.5 Å². The van der Waals surface area contributed by atoms with Crippen molar-refractivity contribution < 1.29 is 24.3 Å². The molecule has 0 radical (unpaired) electrons. The molecule has 0 rings (SSSR count). The molecule has 0 heterocycles. The van der Waals surface area contributed by atoms with E-state index in [1.54, 1.807) is 11.8 Å². The molecule has 0 saturated heterocycles. The Morgan fingerprint density at radius 1 is 0.844 bits per heavy atom. The Hall–Kier alpha value is -1.15. The van der Waals surface area contributed by atoms with Gasteiger partial charge in [0.05, 0.1) is 6.04 Å². The highest BCUT2D eigenvalue weighted by molar-refractivity contribution is 7.98. The van der Waals surface area contributed by atoms with Crippen molar-refractivity contribution in [3.8, 4) is 0 Å². The summed E-state index contributed by atoms with van der Waals surface area (Å²) in [6.45, 7) is 0.453. The van der Waals surface area contributed by atoms with E-state index < -0.39 is 47.9 Å². The van der Waals surface area contributed by atoms with Gasteiger partial charge >= 0.3 is 5.97 Å². The van der Waals surface area contributed by atoms with E-state index in [1.165, 1.54) is 11.8 Å². The summed E-state index contributed by atoms with van der Waals surface area (Å²) < 4.78 is 0. The van der Waals surface area contributed by atoms with E-state index in [2.05, 4.69) is 28.6 Å². The first-order valence-electron chi connectivity index (χ1n) is 10.4. The van der Waals surface area contributed by atoms with Gasteiger partial charge in [0.25, 0.3) is 0 Å². The summed E-state index contributed by atoms with van der Waals surface area (Å²) in [7, 11) is 0. The second-order valence-electron chi connectivity index (χ2n) is 7.16. The van der Waals surface area contributed by atoms with Gasteiger partial charge in [-0.15, -0.1) is 0 Å². The molecule has 0 spiro atoms. The molecule has 0 aromatic heterocycles. The molecule has 4 atom stereocenters. The zero-order valence-electron chi connectivity index (χ0n) is 18.7. The predicted molar refractivity (Wildman–Crippen MR) is 134 cm³/mol. The van der Waals surface area contributed by atoms with Crippen molar-refractivity contribution in [2.75, 3.05) is 36.3 Å². The van der Waals surface area contributed by atoms with Gasteiger partial charge in [-0.2, -0.15) is 36.2 Å². The van der Waals surface area contributed by atoms with Gasteiger partial charge in [0, 0.05) is 5.75 Å². The molecular formula is C19H37N5O5S3. The second-order valence-corrected chi connectivity index (χ2v) is 9.49. The molecule has 10 nitrogen and oxygen atoms in total. The third kappa shape index (κ3) is 12.8. The van der Waals surface area contributed by atoms with Gasteiger partial charge in [-0.3, -0.25) is 14.4 Å². The summed E-state index contributed by atoms with van der Waals surface area (Å²) in [5, 5.41) is 16.9. The highest BCUT2D eigenvalue weighted by atomic mass is 32.2. The first-order chi connectivity index (χ1) is 15.2. The second kappa shape index (κ2) is 18.3. The molecule has 186 valence electrons. The lowest BCUT2D eigenvalue weighted by atomic mass is 10.1. The Labute approximate surface area is 203 Å². The molecule has 8 N–H and O–H groups in total. The van der Waals surface area contributed by atoms with Gasteiger partial charge in [0.1, 0.15) is 18.1 Å².